The van der Waals surface area contributed by atoms with Gasteiger partial charge < -0.3 is 9.84 Å². The lowest BCUT2D eigenvalue weighted by atomic mass is 10.1. The van der Waals surface area contributed by atoms with E-state index >= 15 is 0 Å². The highest BCUT2D eigenvalue weighted by molar-refractivity contribution is 5.75. The van der Waals surface area contributed by atoms with E-state index in [1.54, 1.807) is 18.2 Å². The average molecular weight is 228 g/mol. The van der Waals surface area contributed by atoms with Crippen LogP contribution in [0.5, 0.6) is 5.75 Å². The minimum atomic E-state index is -2.89. The molecular formula is C11H10F2O3. The van der Waals surface area contributed by atoms with Crippen molar-refractivity contribution in [3.05, 3.63) is 29.8 Å². The lowest BCUT2D eigenvalue weighted by Gasteiger charge is -2.09. The van der Waals surface area contributed by atoms with Crippen molar-refractivity contribution in [2.75, 3.05) is 0 Å². The molecule has 1 N–H and O–H groups in total. The van der Waals surface area contributed by atoms with E-state index in [4.69, 9.17) is 5.11 Å². The van der Waals surface area contributed by atoms with E-state index in [1.807, 2.05) is 0 Å². The van der Waals surface area contributed by atoms with Crippen LogP contribution in [0.25, 0.3) is 0 Å². The number of carbonyl (C=O) groups is 1. The SMILES string of the molecule is O=C(O)[C@H]1C[C@@H]1c1ccccc1OC(F)F. The van der Waals surface area contributed by atoms with Crippen LogP contribution in [-0.2, 0) is 4.79 Å². The highest BCUT2D eigenvalue weighted by Gasteiger charge is 2.45. The maximum absolute atomic E-state index is 12.1. The van der Waals surface area contributed by atoms with Crippen molar-refractivity contribution in [2.24, 2.45) is 5.92 Å². The van der Waals surface area contributed by atoms with Gasteiger partial charge in [0.25, 0.3) is 0 Å². The van der Waals surface area contributed by atoms with Crippen LogP contribution in [0.2, 0.25) is 0 Å². The second-order valence-corrected chi connectivity index (χ2v) is 3.70. The fourth-order valence-electron chi connectivity index (χ4n) is 1.80. The fraction of sp³-hybridized carbons (Fsp3) is 0.364. The van der Waals surface area contributed by atoms with E-state index in [-0.39, 0.29) is 11.7 Å². The highest BCUT2D eigenvalue weighted by atomic mass is 19.3. The molecule has 0 bridgehead atoms. The Morgan fingerprint density at radius 2 is 2.12 bits per heavy atom. The Bertz CT molecular complexity index is 406. The first-order valence-electron chi connectivity index (χ1n) is 4.86. The second-order valence-electron chi connectivity index (χ2n) is 3.70. The molecule has 0 aromatic heterocycles. The lowest BCUT2D eigenvalue weighted by Crippen LogP contribution is -2.05. The predicted molar refractivity (Wildman–Crippen MR) is 51.6 cm³/mol. The van der Waals surface area contributed by atoms with Crippen molar-refractivity contribution in [3.63, 3.8) is 0 Å². The summed E-state index contributed by atoms with van der Waals surface area (Å²) < 4.78 is 28.6. The number of benzene rings is 1. The first kappa shape index (κ1) is 10.9. The zero-order valence-electron chi connectivity index (χ0n) is 8.27. The molecule has 1 aromatic rings. The van der Waals surface area contributed by atoms with Gasteiger partial charge in [-0.3, -0.25) is 4.79 Å². The van der Waals surface area contributed by atoms with Gasteiger partial charge in [-0.1, -0.05) is 18.2 Å². The molecule has 1 saturated carbocycles. The van der Waals surface area contributed by atoms with Gasteiger partial charge in [-0.2, -0.15) is 8.78 Å². The molecule has 2 atom stereocenters. The summed E-state index contributed by atoms with van der Waals surface area (Å²) in [4.78, 5) is 10.7. The Labute approximate surface area is 90.7 Å². The Morgan fingerprint density at radius 3 is 2.69 bits per heavy atom. The fourth-order valence-corrected chi connectivity index (χ4v) is 1.80. The predicted octanol–water partition coefficient (Wildman–Crippen LogP) is 2.48. The molecule has 2 rings (SSSR count). The molecule has 0 radical (unpaired) electrons. The van der Waals surface area contributed by atoms with Crippen LogP contribution in [0.4, 0.5) is 8.78 Å². The van der Waals surface area contributed by atoms with Crippen molar-refractivity contribution in [1.29, 1.82) is 0 Å². The van der Waals surface area contributed by atoms with Gasteiger partial charge in [0.05, 0.1) is 5.92 Å². The molecule has 0 amide bonds. The first-order chi connectivity index (χ1) is 7.59. The summed E-state index contributed by atoms with van der Waals surface area (Å²) in [7, 11) is 0. The Morgan fingerprint density at radius 1 is 1.44 bits per heavy atom. The topological polar surface area (TPSA) is 46.5 Å². The summed E-state index contributed by atoms with van der Waals surface area (Å²) in [6.45, 7) is -2.89. The van der Waals surface area contributed by atoms with Gasteiger partial charge in [-0.05, 0) is 18.1 Å². The summed E-state index contributed by atoms with van der Waals surface area (Å²) in [5.41, 5.74) is 0.551. The molecule has 0 heterocycles. The van der Waals surface area contributed by atoms with Crippen LogP contribution < -0.4 is 4.74 Å². The third kappa shape index (κ3) is 2.13. The molecule has 16 heavy (non-hydrogen) atoms. The molecule has 0 spiro atoms. The monoisotopic (exact) mass is 228 g/mol. The van der Waals surface area contributed by atoms with E-state index in [0.29, 0.717) is 12.0 Å². The van der Waals surface area contributed by atoms with Crippen LogP contribution in [0.3, 0.4) is 0 Å². The summed E-state index contributed by atoms with van der Waals surface area (Å²) in [6.07, 6.45) is 0.485. The van der Waals surface area contributed by atoms with Crippen LogP contribution in [-0.4, -0.2) is 17.7 Å². The third-order valence-corrected chi connectivity index (χ3v) is 2.64. The van der Waals surface area contributed by atoms with Crippen LogP contribution >= 0.6 is 0 Å². The van der Waals surface area contributed by atoms with Crippen molar-refractivity contribution < 1.29 is 23.4 Å². The summed E-state index contributed by atoms with van der Waals surface area (Å²) in [5, 5.41) is 8.77. The van der Waals surface area contributed by atoms with Gasteiger partial charge >= 0.3 is 12.6 Å². The standard InChI is InChI=1S/C11H10F2O3/c12-11(13)16-9-4-2-1-3-6(9)7-5-8(7)10(14)15/h1-4,7-8,11H,5H2,(H,14,15)/t7-,8+/m1/s1. The van der Waals surface area contributed by atoms with Gasteiger partial charge in [0.1, 0.15) is 5.75 Å². The number of ether oxygens (including phenoxy) is 1. The van der Waals surface area contributed by atoms with E-state index < -0.39 is 18.5 Å². The zero-order valence-corrected chi connectivity index (χ0v) is 8.27. The van der Waals surface area contributed by atoms with E-state index in [9.17, 15) is 13.6 Å². The molecule has 1 fully saturated rings. The van der Waals surface area contributed by atoms with Crippen molar-refractivity contribution in [1.82, 2.24) is 0 Å². The van der Waals surface area contributed by atoms with Gasteiger partial charge in [-0.25, -0.2) is 0 Å². The summed E-state index contributed by atoms with van der Waals surface area (Å²) in [6, 6.07) is 6.33. The number of alkyl halides is 2. The number of aliphatic carboxylic acids is 1. The quantitative estimate of drug-likeness (QED) is 0.861. The third-order valence-electron chi connectivity index (χ3n) is 2.64. The number of hydrogen-bond acceptors (Lipinski definition) is 2. The first-order valence-corrected chi connectivity index (χ1v) is 4.86. The van der Waals surface area contributed by atoms with Crippen LogP contribution in [0, 0.1) is 5.92 Å². The molecule has 1 aromatic carbocycles. The normalized spacial score (nSPS) is 23.2. The van der Waals surface area contributed by atoms with Crippen molar-refractivity contribution in [2.45, 2.75) is 19.0 Å². The number of para-hydroxylation sites is 1. The maximum Gasteiger partial charge on any atom is 0.387 e. The summed E-state index contributed by atoms with van der Waals surface area (Å²) in [5.74, 6) is -1.49. The molecule has 0 saturated heterocycles. The highest BCUT2D eigenvalue weighted by Crippen LogP contribution is 2.50. The maximum atomic E-state index is 12.1. The molecule has 0 unspecified atom stereocenters. The lowest BCUT2D eigenvalue weighted by molar-refractivity contribution is -0.138. The molecule has 1 aliphatic rings. The number of halogens is 2. The van der Waals surface area contributed by atoms with Gasteiger partial charge in [0.2, 0.25) is 0 Å². The molecule has 5 heteroatoms. The zero-order chi connectivity index (χ0) is 11.7. The summed E-state index contributed by atoms with van der Waals surface area (Å²) >= 11 is 0. The van der Waals surface area contributed by atoms with Crippen molar-refractivity contribution >= 4 is 5.97 Å². The van der Waals surface area contributed by atoms with Gasteiger partial charge in [-0.15, -0.1) is 0 Å². The number of carboxylic acid groups (broad SMARTS) is 1. The largest absolute Gasteiger partial charge is 0.481 e. The van der Waals surface area contributed by atoms with E-state index in [0.717, 1.165) is 0 Å². The second kappa shape index (κ2) is 4.08. The van der Waals surface area contributed by atoms with E-state index in [1.165, 1.54) is 6.07 Å². The smallest absolute Gasteiger partial charge is 0.387 e. The Balaban J connectivity index is 2.18. The van der Waals surface area contributed by atoms with Gasteiger partial charge in [0, 0.05) is 5.92 Å². The molecule has 1 aliphatic carbocycles. The number of carboxylic acids is 1. The van der Waals surface area contributed by atoms with Crippen LogP contribution in [0.1, 0.15) is 17.9 Å². The molecule has 86 valence electrons. The van der Waals surface area contributed by atoms with Gasteiger partial charge in [0.15, 0.2) is 0 Å². The molecule has 0 aliphatic heterocycles. The minimum Gasteiger partial charge on any atom is -0.481 e. The number of rotatable bonds is 4. The number of hydrogen-bond donors (Lipinski definition) is 1. The Kier molecular flexibility index (Phi) is 2.77. The Hall–Kier alpha value is -1.65. The van der Waals surface area contributed by atoms with Crippen LogP contribution in [0.15, 0.2) is 24.3 Å². The molecule has 3 nitrogen and oxygen atoms in total. The average Bonchev–Trinajstić information content (AvgIpc) is 2.97. The molecular weight excluding hydrogens is 218 g/mol. The van der Waals surface area contributed by atoms with E-state index in [2.05, 4.69) is 4.74 Å². The van der Waals surface area contributed by atoms with Crippen molar-refractivity contribution in [3.8, 4) is 5.75 Å². The minimum absolute atomic E-state index is 0.0752.